The molecule has 0 saturated heterocycles. The molecule has 0 fully saturated rings. The Hall–Kier alpha value is -5.22. The molecule has 0 amide bonds. The Morgan fingerprint density at radius 3 is 1.87 bits per heavy atom. The van der Waals surface area contributed by atoms with Crippen molar-refractivity contribution in [2.24, 2.45) is 0 Å². The van der Waals surface area contributed by atoms with Gasteiger partial charge in [0.2, 0.25) is 0 Å². The molecular weight excluding hydrogens is 464 g/mol. The first-order valence-electron chi connectivity index (χ1n) is 12.6. The molecule has 8 aromatic rings. The molecule has 0 radical (unpaired) electrons. The van der Waals surface area contributed by atoms with Gasteiger partial charge >= 0.3 is 0 Å². The lowest BCUT2D eigenvalue weighted by atomic mass is 10.0. The van der Waals surface area contributed by atoms with Crippen LogP contribution in [0.4, 0.5) is 0 Å². The third-order valence-corrected chi connectivity index (χ3v) is 7.24. The van der Waals surface area contributed by atoms with Gasteiger partial charge in [-0.05, 0) is 59.3 Å². The molecule has 4 aromatic carbocycles. The number of pyridine rings is 4. The summed E-state index contributed by atoms with van der Waals surface area (Å²) in [6.45, 7) is 0. The van der Waals surface area contributed by atoms with Crippen LogP contribution in [-0.2, 0) is 0 Å². The average molecular weight is 485 g/mol. The predicted octanol–water partition coefficient (Wildman–Crippen LogP) is 8.37. The summed E-state index contributed by atoms with van der Waals surface area (Å²) in [7, 11) is 0. The fourth-order valence-electron chi connectivity index (χ4n) is 5.27. The SMILES string of the molecule is c1ccc2cc3nc(-c4ccc5nc(-c6ccc7ccc8cccnc8c7n6)ccc5c4)ccc3cc2c1. The van der Waals surface area contributed by atoms with Crippen LogP contribution in [-0.4, -0.2) is 19.9 Å². The molecule has 0 aliphatic heterocycles. The zero-order chi connectivity index (χ0) is 25.1. The molecule has 8 rings (SSSR count). The van der Waals surface area contributed by atoms with Crippen molar-refractivity contribution in [1.29, 1.82) is 0 Å². The van der Waals surface area contributed by atoms with Crippen LogP contribution in [0.25, 0.3) is 77.0 Å². The van der Waals surface area contributed by atoms with Gasteiger partial charge in [-0.25, -0.2) is 15.0 Å². The Bertz CT molecular complexity index is 2200. The first-order chi connectivity index (χ1) is 18.8. The van der Waals surface area contributed by atoms with Crippen LogP contribution in [0.15, 0.2) is 121 Å². The fourth-order valence-corrected chi connectivity index (χ4v) is 5.27. The largest absolute Gasteiger partial charge is 0.254 e. The predicted molar refractivity (Wildman–Crippen MR) is 156 cm³/mol. The Morgan fingerprint density at radius 2 is 1.00 bits per heavy atom. The van der Waals surface area contributed by atoms with Gasteiger partial charge in [0.15, 0.2) is 0 Å². The second-order valence-corrected chi connectivity index (χ2v) is 9.60. The summed E-state index contributed by atoms with van der Waals surface area (Å²) in [5, 5.41) is 6.80. The van der Waals surface area contributed by atoms with Crippen LogP contribution < -0.4 is 0 Å². The highest BCUT2D eigenvalue weighted by atomic mass is 14.8. The monoisotopic (exact) mass is 484 g/mol. The molecule has 0 atom stereocenters. The van der Waals surface area contributed by atoms with Crippen molar-refractivity contribution in [3.05, 3.63) is 121 Å². The lowest BCUT2D eigenvalue weighted by Crippen LogP contribution is -1.92. The highest BCUT2D eigenvalue weighted by Gasteiger charge is 2.10. The first-order valence-corrected chi connectivity index (χ1v) is 12.6. The van der Waals surface area contributed by atoms with E-state index in [-0.39, 0.29) is 0 Å². The van der Waals surface area contributed by atoms with E-state index in [9.17, 15) is 0 Å². The van der Waals surface area contributed by atoms with Gasteiger partial charge < -0.3 is 0 Å². The highest BCUT2D eigenvalue weighted by molar-refractivity contribution is 6.03. The minimum atomic E-state index is 0.838. The molecule has 0 bridgehead atoms. The maximum Gasteiger partial charge on any atom is 0.0972 e. The van der Waals surface area contributed by atoms with Gasteiger partial charge in [0.05, 0.1) is 39.1 Å². The standard InChI is InChI=1S/C34H20N4/c1-2-5-24-20-32-27(18-23(24)4-1)11-14-29(37-32)25-10-13-28-26(19-25)12-16-30(36-28)31-15-9-22-8-7-21-6-3-17-35-33(21)34(22)38-31/h1-20H. The number of fused-ring (bicyclic) bond motifs is 6. The van der Waals surface area contributed by atoms with E-state index in [4.69, 9.17) is 15.0 Å². The molecule has 4 nitrogen and oxygen atoms in total. The summed E-state index contributed by atoms with van der Waals surface area (Å²) >= 11 is 0. The van der Waals surface area contributed by atoms with Crippen molar-refractivity contribution >= 4 is 54.4 Å². The van der Waals surface area contributed by atoms with E-state index in [2.05, 4.69) is 102 Å². The zero-order valence-electron chi connectivity index (χ0n) is 20.3. The van der Waals surface area contributed by atoms with E-state index < -0.39 is 0 Å². The number of rotatable bonds is 2. The van der Waals surface area contributed by atoms with Crippen molar-refractivity contribution in [2.75, 3.05) is 0 Å². The van der Waals surface area contributed by atoms with E-state index in [1.807, 2.05) is 24.4 Å². The molecule has 0 N–H and O–H groups in total. The minimum absolute atomic E-state index is 0.838. The van der Waals surface area contributed by atoms with E-state index in [1.54, 1.807) is 0 Å². The molecule has 38 heavy (non-hydrogen) atoms. The van der Waals surface area contributed by atoms with E-state index >= 15 is 0 Å². The van der Waals surface area contributed by atoms with E-state index in [1.165, 1.54) is 10.8 Å². The third kappa shape index (κ3) is 3.39. The van der Waals surface area contributed by atoms with Crippen molar-refractivity contribution in [1.82, 2.24) is 19.9 Å². The van der Waals surface area contributed by atoms with Crippen molar-refractivity contribution in [3.63, 3.8) is 0 Å². The van der Waals surface area contributed by atoms with Gasteiger partial charge in [0.25, 0.3) is 0 Å². The number of hydrogen-bond donors (Lipinski definition) is 0. The van der Waals surface area contributed by atoms with Gasteiger partial charge in [0, 0.05) is 33.3 Å². The van der Waals surface area contributed by atoms with Gasteiger partial charge in [-0.3, -0.25) is 4.98 Å². The van der Waals surface area contributed by atoms with Crippen LogP contribution in [0.3, 0.4) is 0 Å². The summed E-state index contributed by atoms with van der Waals surface area (Å²) < 4.78 is 0. The Morgan fingerprint density at radius 1 is 0.368 bits per heavy atom. The normalized spacial score (nSPS) is 11.7. The lowest BCUT2D eigenvalue weighted by Gasteiger charge is -2.08. The lowest BCUT2D eigenvalue weighted by molar-refractivity contribution is 1.31. The molecule has 4 aromatic heterocycles. The van der Waals surface area contributed by atoms with Gasteiger partial charge in [-0.2, -0.15) is 0 Å². The van der Waals surface area contributed by atoms with Crippen LogP contribution in [0.5, 0.6) is 0 Å². The summed E-state index contributed by atoms with van der Waals surface area (Å²) in [5.74, 6) is 0. The second kappa shape index (κ2) is 8.15. The number of benzene rings is 4. The average Bonchev–Trinajstić information content (AvgIpc) is 2.99. The highest BCUT2D eigenvalue weighted by Crippen LogP contribution is 2.29. The molecule has 0 saturated carbocycles. The molecule has 4 heterocycles. The van der Waals surface area contributed by atoms with Gasteiger partial charge in [-0.15, -0.1) is 0 Å². The van der Waals surface area contributed by atoms with Crippen LogP contribution >= 0.6 is 0 Å². The molecule has 176 valence electrons. The molecule has 4 heteroatoms. The quantitative estimate of drug-likeness (QED) is 0.183. The number of aromatic nitrogens is 4. The summed E-state index contributed by atoms with van der Waals surface area (Å²) in [5.41, 5.74) is 7.44. The maximum absolute atomic E-state index is 4.99. The van der Waals surface area contributed by atoms with Gasteiger partial charge in [0.1, 0.15) is 0 Å². The van der Waals surface area contributed by atoms with Gasteiger partial charge in [-0.1, -0.05) is 66.7 Å². The van der Waals surface area contributed by atoms with Crippen LogP contribution in [0.2, 0.25) is 0 Å². The van der Waals surface area contributed by atoms with Crippen molar-refractivity contribution < 1.29 is 0 Å². The topological polar surface area (TPSA) is 51.6 Å². The molecule has 0 aliphatic rings. The number of hydrogen-bond acceptors (Lipinski definition) is 4. The smallest absolute Gasteiger partial charge is 0.0972 e. The van der Waals surface area contributed by atoms with E-state index in [0.717, 1.165) is 66.3 Å². The first kappa shape index (κ1) is 20.9. The molecule has 0 aliphatic carbocycles. The summed E-state index contributed by atoms with van der Waals surface area (Å²) in [6, 6.07) is 39.8. The van der Waals surface area contributed by atoms with Crippen LogP contribution in [0.1, 0.15) is 0 Å². The molecular formula is C34H20N4. The summed E-state index contributed by atoms with van der Waals surface area (Å²) in [6.07, 6.45) is 1.81. The molecule has 0 unspecified atom stereocenters. The minimum Gasteiger partial charge on any atom is -0.254 e. The molecule has 0 spiro atoms. The Kier molecular flexibility index (Phi) is 4.49. The van der Waals surface area contributed by atoms with Crippen molar-refractivity contribution in [3.8, 4) is 22.6 Å². The fraction of sp³-hybridized carbons (Fsp3) is 0. The maximum atomic E-state index is 4.99. The Labute approximate surface area is 218 Å². The summed E-state index contributed by atoms with van der Waals surface area (Å²) in [4.78, 5) is 19.5. The van der Waals surface area contributed by atoms with E-state index in [0.29, 0.717) is 0 Å². The third-order valence-electron chi connectivity index (χ3n) is 7.24. The zero-order valence-corrected chi connectivity index (χ0v) is 20.3. The Balaban J connectivity index is 1.20. The van der Waals surface area contributed by atoms with Crippen molar-refractivity contribution in [2.45, 2.75) is 0 Å². The number of nitrogens with zero attached hydrogens (tertiary/aromatic N) is 4. The van der Waals surface area contributed by atoms with Crippen LogP contribution in [0, 0.1) is 0 Å². The second-order valence-electron chi connectivity index (χ2n) is 9.60.